The van der Waals surface area contributed by atoms with E-state index in [9.17, 15) is 9.90 Å². The summed E-state index contributed by atoms with van der Waals surface area (Å²) in [7, 11) is 1.76. The lowest BCUT2D eigenvalue weighted by atomic mass is 9.71. The van der Waals surface area contributed by atoms with Crippen LogP contribution in [-0.2, 0) is 11.3 Å². The van der Waals surface area contributed by atoms with Gasteiger partial charge in [-0.05, 0) is 38.0 Å². The molecule has 0 bridgehead atoms. The van der Waals surface area contributed by atoms with Crippen molar-refractivity contribution in [1.82, 2.24) is 14.8 Å². The third-order valence-corrected chi connectivity index (χ3v) is 6.43. The van der Waals surface area contributed by atoms with Crippen molar-refractivity contribution in [1.29, 1.82) is 0 Å². The highest BCUT2D eigenvalue weighted by atomic mass is 32.1. The minimum Gasteiger partial charge on any atom is -0.476 e. The van der Waals surface area contributed by atoms with Gasteiger partial charge < -0.3 is 9.84 Å². The fraction of sp³-hybridized carbons (Fsp3) is 0.632. The Balaban J connectivity index is 1.83. The molecule has 0 radical (unpaired) electrons. The normalized spacial score (nSPS) is 16.7. The van der Waals surface area contributed by atoms with Crippen molar-refractivity contribution in [3.63, 3.8) is 0 Å². The smallest absolute Gasteiger partial charge is 0.356 e. The largest absolute Gasteiger partial charge is 0.476 e. The summed E-state index contributed by atoms with van der Waals surface area (Å²) in [5, 5.41) is 14.0. The summed E-state index contributed by atoms with van der Waals surface area (Å²) in [6, 6.07) is 0. The Morgan fingerprint density at radius 1 is 1.38 bits per heavy atom. The van der Waals surface area contributed by atoms with E-state index in [0.717, 1.165) is 37.3 Å². The zero-order valence-corrected chi connectivity index (χ0v) is 16.3. The first kappa shape index (κ1) is 19.0. The highest BCUT2D eigenvalue weighted by Crippen LogP contribution is 2.42. The first-order valence-corrected chi connectivity index (χ1v) is 10.1. The van der Waals surface area contributed by atoms with Crippen molar-refractivity contribution in [2.45, 2.75) is 58.4 Å². The number of carboxylic acids is 1. The van der Waals surface area contributed by atoms with Gasteiger partial charge in [0.25, 0.3) is 0 Å². The molecular formula is C19H27N3O3S. The molecule has 142 valence electrons. The SMILES string of the molecule is COCCCC1(Cn2ncc(-c3scnc3C(=O)O)c2C)CCCCC1. The number of rotatable bonds is 8. The van der Waals surface area contributed by atoms with Crippen molar-refractivity contribution in [2.75, 3.05) is 13.7 Å². The molecule has 2 aromatic rings. The molecule has 7 heteroatoms. The van der Waals surface area contributed by atoms with E-state index in [0.29, 0.717) is 4.88 Å². The van der Waals surface area contributed by atoms with Crippen LogP contribution < -0.4 is 0 Å². The van der Waals surface area contributed by atoms with Crippen LogP contribution in [0.5, 0.6) is 0 Å². The van der Waals surface area contributed by atoms with E-state index in [2.05, 4.69) is 14.8 Å². The molecule has 1 aliphatic rings. The lowest BCUT2D eigenvalue weighted by Gasteiger charge is -2.37. The van der Waals surface area contributed by atoms with Gasteiger partial charge in [0.15, 0.2) is 5.69 Å². The number of aromatic nitrogens is 3. The molecule has 0 unspecified atom stereocenters. The van der Waals surface area contributed by atoms with Crippen LogP contribution in [0.25, 0.3) is 10.4 Å². The number of hydrogen-bond donors (Lipinski definition) is 1. The number of nitrogens with zero attached hydrogens (tertiary/aromatic N) is 3. The van der Waals surface area contributed by atoms with Gasteiger partial charge in [0.2, 0.25) is 0 Å². The first-order chi connectivity index (χ1) is 12.6. The van der Waals surface area contributed by atoms with Gasteiger partial charge in [-0.3, -0.25) is 4.68 Å². The maximum absolute atomic E-state index is 11.4. The summed E-state index contributed by atoms with van der Waals surface area (Å²) >= 11 is 1.36. The average Bonchev–Trinajstić information content (AvgIpc) is 3.23. The van der Waals surface area contributed by atoms with Gasteiger partial charge in [0.05, 0.1) is 16.6 Å². The van der Waals surface area contributed by atoms with Gasteiger partial charge in [-0.1, -0.05) is 19.3 Å². The van der Waals surface area contributed by atoms with E-state index in [-0.39, 0.29) is 11.1 Å². The van der Waals surface area contributed by atoms with E-state index in [1.54, 1.807) is 18.8 Å². The van der Waals surface area contributed by atoms with Crippen LogP contribution in [0.4, 0.5) is 0 Å². The van der Waals surface area contributed by atoms with Gasteiger partial charge in [-0.2, -0.15) is 5.10 Å². The molecule has 0 aromatic carbocycles. The summed E-state index contributed by atoms with van der Waals surface area (Å²) in [6.07, 6.45) is 10.3. The second-order valence-corrected chi connectivity index (χ2v) is 8.15. The fourth-order valence-electron chi connectivity index (χ4n) is 4.12. The quantitative estimate of drug-likeness (QED) is 0.690. The molecule has 0 saturated heterocycles. The molecule has 6 nitrogen and oxygen atoms in total. The highest BCUT2D eigenvalue weighted by Gasteiger charge is 2.33. The average molecular weight is 378 g/mol. The Bertz CT molecular complexity index is 747. The van der Waals surface area contributed by atoms with Crippen molar-refractivity contribution >= 4 is 17.3 Å². The zero-order chi connectivity index (χ0) is 18.6. The number of ether oxygens (including phenoxy) is 1. The Morgan fingerprint density at radius 3 is 2.85 bits per heavy atom. The molecule has 0 aliphatic heterocycles. The molecule has 3 rings (SSSR count). The number of carboxylic acid groups (broad SMARTS) is 1. The number of aromatic carboxylic acids is 1. The summed E-state index contributed by atoms with van der Waals surface area (Å²) in [5.74, 6) is -0.989. The van der Waals surface area contributed by atoms with Crippen molar-refractivity contribution in [3.8, 4) is 10.4 Å². The Kier molecular flexibility index (Phi) is 6.09. The lowest BCUT2D eigenvalue weighted by Crippen LogP contribution is -2.31. The minimum atomic E-state index is -0.989. The van der Waals surface area contributed by atoms with Crippen molar-refractivity contribution in [3.05, 3.63) is 23.1 Å². The van der Waals surface area contributed by atoms with E-state index < -0.39 is 5.97 Å². The molecular weight excluding hydrogens is 350 g/mol. The molecule has 2 aromatic heterocycles. The Labute approximate surface area is 158 Å². The number of hydrogen-bond acceptors (Lipinski definition) is 5. The predicted molar refractivity (Wildman–Crippen MR) is 102 cm³/mol. The van der Waals surface area contributed by atoms with Crippen LogP contribution in [0.3, 0.4) is 0 Å². The summed E-state index contributed by atoms with van der Waals surface area (Å²) in [6.45, 7) is 3.72. The highest BCUT2D eigenvalue weighted by molar-refractivity contribution is 7.13. The maximum Gasteiger partial charge on any atom is 0.356 e. The summed E-state index contributed by atoms with van der Waals surface area (Å²) < 4.78 is 7.33. The molecule has 1 N–H and O–H groups in total. The topological polar surface area (TPSA) is 77.2 Å². The monoisotopic (exact) mass is 377 g/mol. The molecule has 26 heavy (non-hydrogen) atoms. The molecule has 2 heterocycles. The van der Waals surface area contributed by atoms with Gasteiger partial charge in [-0.15, -0.1) is 11.3 Å². The van der Waals surface area contributed by atoms with Gasteiger partial charge >= 0.3 is 5.97 Å². The van der Waals surface area contributed by atoms with Gasteiger partial charge in [0.1, 0.15) is 0 Å². The first-order valence-electron chi connectivity index (χ1n) is 9.25. The third-order valence-electron chi connectivity index (χ3n) is 5.57. The maximum atomic E-state index is 11.4. The summed E-state index contributed by atoms with van der Waals surface area (Å²) in [5.41, 5.74) is 3.88. The van der Waals surface area contributed by atoms with Crippen LogP contribution in [0.1, 0.15) is 61.1 Å². The van der Waals surface area contributed by atoms with Gasteiger partial charge in [-0.25, -0.2) is 9.78 Å². The van der Waals surface area contributed by atoms with Gasteiger partial charge in [0, 0.05) is 31.5 Å². The Morgan fingerprint density at radius 2 is 2.15 bits per heavy atom. The van der Waals surface area contributed by atoms with E-state index in [1.807, 2.05) is 6.92 Å². The van der Waals surface area contributed by atoms with Crippen LogP contribution in [0.15, 0.2) is 11.7 Å². The van der Waals surface area contributed by atoms with Crippen molar-refractivity contribution < 1.29 is 14.6 Å². The second-order valence-electron chi connectivity index (χ2n) is 7.29. The number of methoxy groups -OCH3 is 1. The lowest BCUT2D eigenvalue weighted by molar-refractivity contribution is 0.0692. The summed E-state index contributed by atoms with van der Waals surface area (Å²) in [4.78, 5) is 16.1. The molecule has 1 fully saturated rings. The zero-order valence-electron chi connectivity index (χ0n) is 15.5. The number of carbonyl (C=O) groups is 1. The van der Waals surface area contributed by atoms with Crippen LogP contribution in [0, 0.1) is 12.3 Å². The van der Waals surface area contributed by atoms with E-state index >= 15 is 0 Å². The molecule has 1 saturated carbocycles. The molecule has 0 amide bonds. The van der Waals surface area contributed by atoms with Crippen LogP contribution in [-0.4, -0.2) is 39.6 Å². The minimum absolute atomic E-state index is 0.116. The van der Waals surface area contributed by atoms with Crippen LogP contribution in [0.2, 0.25) is 0 Å². The number of thiazole rings is 1. The Hall–Kier alpha value is -1.73. The van der Waals surface area contributed by atoms with Crippen molar-refractivity contribution in [2.24, 2.45) is 5.41 Å². The standard InChI is InChI=1S/C19H27N3O3S/c1-14-15(17-16(18(23)24)20-13-26-17)11-21-22(14)12-19(9-6-10-25-2)7-4-3-5-8-19/h11,13H,3-10,12H2,1-2H3,(H,23,24). The fourth-order valence-corrected chi connectivity index (χ4v) is 4.96. The van der Waals surface area contributed by atoms with Crippen LogP contribution >= 0.6 is 11.3 Å². The third kappa shape index (κ3) is 3.99. The molecule has 1 aliphatic carbocycles. The molecule has 0 atom stereocenters. The molecule has 0 spiro atoms. The van der Waals surface area contributed by atoms with E-state index in [1.165, 1.54) is 43.4 Å². The second kappa shape index (κ2) is 8.31. The predicted octanol–water partition coefficient (Wildman–Crippen LogP) is 4.39. The van der Waals surface area contributed by atoms with E-state index in [4.69, 9.17) is 4.74 Å².